The average Bonchev–Trinajstić information content (AvgIpc) is 2.12. The summed E-state index contributed by atoms with van der Waals surface area (Å²) in [5, 5.41) is 8.35. The molecular weight excluding hydrogens is 234 g/mol. The number of sulfone groups is 1. The van der Waals surface area contributed by atoms with E-state index in [-0.39, 0.29) is 6.04 Å². The van der Waals surface area contributed by atoms with Crippen LogP contribution in [0.1, 0.15) is 20.3 Å². The second-order valence-electron chi connectivity index (χ2n) is 3.83. The molecule has 0 fully saturated rings. The van der Waals surface area contributed by atoms with Crippen LogP contribution < -0.4 is 0 Å². The van der Waals surface area contributed by atoms with Gasteiger partial charge in [0.2, 0.25) is 5.91 Å². The summed E-state index contributed by atoms with van der Waals surface area (Å²) in [7, 11) is -2.11. The normalized spacial score (nSPS) is 11.5. The Morgan fingerprint density at radius 2 is 1.81 bits per heavy atom. The van der Waals surface area contributed by atoms with Gasteiger partial charge in [-0.1, -0.05) is 0 Å². The Balaban J connectivity index is 4.37. The van der Waals surface area contributed by atoms with Gasteiger partial charge in [0, 0.05) is 13.1 Å². The van der Waals surface area contributed by atoms with Crippen molar-refractivity contribution >= 4 is 21.7 Å². The highest BCUT2D eigenvalue weighted by Crippen LogP contribution is 2.00. The van der Waals surface area contributed by atoms with Crippen LogP contribution >= 0.6 is 0 Å². The molecule has 7 heteroatoms. The Hall–Kier alpha value is -1.11. The average molecular weight is 251 g/mol. The first-order chi connectivity index (χ1) is 7.15. The first kappa shape index (κ1) is 14.9. The quantitative estimate of drug-likeness (QED) is 0.702. The van der Waals surface area contributed by atoms with Crippen LogP contribution in [0.3, 0.4) is 0 Å². The Labute approximate surface area is 95.2 Å². The van der Waals surface area contributed by atoms with E-state index in [2.05, 4.69) is 0 Å². The van der Waals surface area contributed by atoms with Crippen LogP contribution in [0.4, 0.5) is 0 Å². The van der Waals surface area contributed by atoms with E-state index < -0.39 is 39.6 Å². The molecule has 0 aromatic heterocycles. The van der Waals surface area contributed by atoms with Crippen LogP contribution in [0.5, 0.6) is 0 Å². The molecule has 6 nitrogen and oxygen atoms in total. The summed E-state index contributed by atoms with van der Waals surface area (Å²) >= 11 is 0. The molecular formula is C9H17NO5S. The highest BCUT2D eigenvalue weighted by atomic mass is 32.2. The summed E-state index contributed by atoms with van der Waals surface area (Å²) in [6, 6.07) is -0.0813. The second-order valence-corrected chi connectivity index (χ2v) is 6.02. The van der Waals surface area contributed by atoms with Crippen LogP contribution in [-0.4, -0.2) is 54.9 Å². The molecule has 0 atom stereocenters. The van der Waals surface area contributed by atoms with Gasteiger partial charge < -0.3 is 10.0 Å². The minimum absolute atomic E-state index is 0.0813. The molecule has 16 heavy (non-hydrogen) atoms. The van der Waals surface area contributed by atoms with E-state index in [9.17, 15) is 18.0 Å². The maximum Gasteiger partial charge on any atom is 0.304 e. The Morgan fingerprint density at radius 3 is 2.19 bits per heavy atom. The monoisotopic (exact) mass is 251 g/mol. The maximum atomic E-state index is 11.4. The lowest BCUT2D eigenvalue weighted by Gasteiger charge is -2.21. The molecule has 0 unspecified atom stereocenters. The van der Waals surface area contributed by atoms with Crippen molar-refractivity contribution in [1.29, 1.82) is 0 Å². The van der Waals surface area contributed by atoms with Crippen molar-refractivity contribution in [3.8, 4) is 0 Å². The first-order valence-corrected chi connectivity index (χ1v) is 6.65. The largest absolute Gasteiger partial charge is 0.481 e. The van der Waals surface area contributed by atoms with Gasteiger partial charge in [-0.15, -0.1) is 0 Å². The van der Waals surface area contributed by atoms with Gasteiger partial charge >= 0.3 is 5.97 Å². The van der Waals surface area contributed by atoms with E-state index in [1.807, 2.05) is 0 Å². The van der Waals surface area contributed by atoms with Crippen LogP contribution in [-0.2, 0) is 19.4 Å². The van der Waals surface area contributed by atoms with Crippen molar-refractivity contribution in [3.63, 3.8) is 0 Å². The van der Waals surface area contributed by atoms with E-state index in [1.165, 1.54) is 11.9 Å². The van der Waals surface area contributed by atoms with Crippen molar-refractivity contribution in [3.05, 3.63) is 0 Å². The molecule has 0 heterocycles. The molecule has 0 radical (unpaired) electrons. The Morgan fingerprint density at radius 1 is 1.31 bits per heavy atom. The predicted molar refractivity (Wildman–Crippen MR) is 58.8 cm³/mol. The fourth-order valence-electron chi connectivity index (χ4n) is 0.893. The number of hydrogen-bond donors (Lipinski definition) is 1. The van der Waals surface area contributed by atoms with Crippen LogP contribution in [0.15, 0.2) is 0 Å². The third-order valence-electron chi connectivity index (χ3n) is 2.14. The molecule has 0 aliphatic rings. The zero-order valence-electron chi connectivity index (χ0n) is 9.63. The molecule has 0 aromatic carbocycles. The highest BCUT2D eigenvalue weighted by molar-refractivity contribution is 7.92. The number of rotatable bonds is 6. The Bertz CT molecular complexity index is 360. The summed E-state index contributed by atoms with van der Waals surface area (Å²) in [6.45, 7) is 3.53. The van der Waals surface area contributed by atoms with E-state index in [0.717, 1.165) is 0 Å². The summed E-state index contributed by atoms with van der Waals surface area (Å²) in [4.78, 5) is 23.0. The van der Waals surface area contributed by atoms with Gasteiger partial charge in [0.25, 0.3) is 0 Å². The standard InChI is InChI=1S/C9H17NO5S/c1-7(2)10(3)8(11)6-16(14,15)5-4-9(12)13/h7H,4-6H2,1-3H3,(H,12,13). The Kier molecular flexibility index (Phi) is 5.43. The summed E-state index contributed by atoms with van der Waals surface area (Å²) in [5.74, 6) is -2.83. The van der Waals surface area contributed by atoms with Crippen molar-refractivity contribution in [2.24, 2.45) is 0 Å². The number of carboxylic acids is 1. The molecule has 0 bridgehead atoms. The predicted octanol–water partition coefficient (Wildman–Crippen LogP) is -0.257. The number of carbonyl (C=O) groups excluding carboxylic acids is 1. The smallest absolute Gasteiger partial charge is 0.304 e. The molecule has 0 aromatic rings. The van der Waals surface area contributed by atoms with Gasteiger partial charge in [0.15, 0.2) is 9.84 Å². The van der Waals surface area contributed by atoms with E-state index in [0.29, 0.717) is 0 Å². The number of amides is 1. The van der Waals surface area contributed by atoms with Gasteiger partial charge in [-0.05, 0) is 13.8 Å². The molecule has 94 valence electrons. The molecule has 0 aliphatic heterocycles. The van der Waals surface area contributed by atoms with Crippen molar-refractivity contribution in [2.45, 2.75) is 26.3 Å². The lowest BCUT2D eigenvalue weighted by Crippen LogP contribution is -2.37. The number of hydrogen-bond acceptors (Lipinski definition) is 4. The highest BCUT2D eigenvalue weighted by Gasteiger charge is 2.21. The zero-order chi connectivity index (χ0) is 12.9. The second kappa shape index (κ2) is 5.83. The fraction of sp³-hybridized carbons (Fsp3) is 0.778. The summed E-state index contributed by atoms with van der Waals surface area (Å²) in [6.07, 6.45) is -0.471. The topological polar surface area (TPSA) is 91.8 Å². The van der Waals surface area contributed by atoms with Crippen molar-refractivity contribution < 1.29 is 23.1 Å². The molecule has 0 saturated carbocycles. The molecule has 0 aliphatic carbocycles. The fourth-order valence-corrected chi connectivity index (χ4v) is 2.10. The van der Waals surface area contributed by atoms with Gasteiger partial charge in [0.05, 0.1) is 12.2 Å². The van der Waals surface area contributed by atoms with Crippen LogP contribution in [0.2, 0.25) is 0 Å². The van der Waals surface area contributed by atoms with E-state index >= 15 is 0 Å². The van der Waals surface area contributed by atoms with E-state index in [1.54, 1.807) is 13.8 Å². The molecule has 0 rings (SSSR count). The third kappa shape index (κ3) is 5.69. The SMILES string of the molecule is CC(C)N(C)C(=O)CS(=O)(=O)CCC(=O)O. The molecule has 1 amide bonds. The summed E-state index contributed by atoms with van der Waals surface area (Å²) < 4.78 is 22.7. The van der Waals surface area contributed by atoms with Crippen LogP contribution in [0.25, 0.3) is 0 Å². The number of carbonyl (C=O) groups is 2. The number of carboxylic acid groups (broad SMARTS) is 1. The number of nitrogens with zero attached hydrogens (tertiary/aromatic N) is 1. The maximum absolute atomic E-state index is 11.4. The lowest BCUT2D eigenvalue weighted by molar-refractivity contribution is -0.136. The van der Waals surface area contributed by atoms with Gasteiger partial charge in [-0.25, -0.2) is 8.42 Å². The minimum atomic E-state index is -3.63. The van der Waals surface area contributed by atoms with Gasteiger partial charge in [-0.2, -0.15) is 0 Å². The zero-order valence-corrected chi connectivity index (χ0v) is 10.5. The molecule has 0 saturated heterocycles. The third-order valence-corrected chi connectivity index (χ3v) is 3.65. The number of aliphatic carboxylic acids is 1. The lowest BCUT2D eigenvalue weighted by atomic mass is 10.3. The minimum Gasteiger partial charge on any atom is -0.481 e. The van der Waals surface area contributed by atoms with Crippen molar-refractivity contribution in [2.75, 3.05) is 18.6 Å². The summed E-state index contributed by atoms with van der Waals surface area (Å²) in [5.41, 5.74) is 0. The molecule has 0 spiro atoms. The van der Waals surface area contributed by atoms with Gasteiger partial charge in [0.1, 0.15) is 5.75 Å². The van der Waals surface area contributed by atoms with Gasteiger partial charge in [-0.3, -0.25) is 9.59 Å². The van der Waals surface area contributed by atoms with Crippen LogP contribution in [0, 0.1) is 0 Å². The first-order valence-electron chi connectivity index (χ1n) is 4.83. The molecule has 1 N–H and O–H groups in total. The van der Waals surface area contributed by atoms with E-state index in [4.69, 9.17) is 5.11 Å². The van der Waals surface area contributed by atoms with Crippen molar-refractivity contribution in [1.82, 2.24) is 4.90 Å².